The third-order valence-corrected chi connectivity index (χ3v) is 2.48. The number of anilines is 1. The lowest BCUT2D eigenvalue weighted by molar-refractivity contribution is 0.0697. The van der Waals surface area contributed by atoms with Gasteiger partial charge in [-0.15, -0.1) is 0 Å². The van der Waals surface area contributed by atoms with E-state index in [0.29, 0.717) is 18.7 Å². The van der Waals surface area contributed by atoms with E-state index in [2.05, 4.69) is 5.32 Å². The molecule has 1 aromatic heterocycles. The highest BCUT2D eigenvalue weighted by Gasteiger charge is 2.10. The predicted octanol–water partition coefficient (Wildman–Crippen LogP) is 2.77. The van der Waals surface area contributed by atoms with Crippen LogP contribution in [0.1, 0.15) is 16.1 Å². The maximum atomic E-state index is 12.9. The van der Waals surface area contributed by atoms with Crippen molar-refractivity contribution >= 4 is 11.7 Å². The second-order valence-corrected chi connectivity index (χ2v) is 3.75. The quantitative estimate of drug-likeness (QED) is 0.855. The summed E-state index contributed by atoms with van der Waals surface area (Å²) in [6, 6.07) is 7.26. The fourth-order valence-corrected chi connectivity index (χ4v) is 1.62. The third-order valence-electron chi connectivity index (χ3n) is 2.48. The molecule has 0 amide bonds. The standard InChI is InChI=1S/C13H12FNO3/c14-9-3-4-12(11(8-9)13(16)17)15-6-5-10-2-1-7-18-10/h1-4,7-8,15H,5-6H2,(H,16,17). The molecule has 94 valence electrons. The lowest BCUT2D eigenvalue weighted by Gasteiger charge is -2.08. The molecule has 0 unspecified atom stereocenters. The fourth-order valence-electron chi connectivity index (χ4n) is 1.62. The van der Waals surface area contributed by atoms with Crippen LogP contribution in [0.2, 0.25) is 0 Å². The van der Waals surface area contributed by atoms with E-state index < -0.39 is 11.8 Å². The van der Waals surface area contributed by atoms with E-state index in [1.807, 2.05) is 6.07 Å². The van der Waals surface area contributed by atoms with Crippen LogP contribution in [-0.4, -0.2) is 17.6 Å². The second kappa shape index (κ2) is 5.35. The number of rotatable bonds is 5. The molecule has 0 fully saturated rings. The summed E-state index contributed by atoms with van der Waals surface area (Å²) in [4.78, 5) is 10.9. The van der Waals surface area contributed by atoms with E-state index in [-0.39, 0.29) is 5.56 Å². The highest BCUT2D eigenvalue weighted by molar-refractivity contribution is 5.94. The van der Waals surface area contributed by atoms with Crippen molar-refractivity contribution < 1.29 is 18.7 Å². The molecule has 0 aliphatic rings. The van der Waals surface area contributed by atoms with Crippen LogP contribution in [0.3, 0.4) is 0 Å². The SMILES string of the molecule is O=C(O)c1cc(F)ccc1NCCc1ccco1. The molecule has 0 saturated heterocycles. The molecule has 0 radical (unpaired) electrons. The molecule has 4 nitrogen and oxygen atoms in total. The summed E-state index contributed by atoms with van der Waals surface area (Å²) in [6.45, 7) is 0.513. The van der Waals surface area contributed by atoms with Crippen LogP contribution in [-0.2, 0) is 6.42 Å². The summed E-state index contributed by atoms with van der Waals surface area (Å²) < 4.78 is 18.1. The number of hydrogen-bond donors (Lipinski definition) is 2. The molecule has 2 aromatic rings. The first-order chi connectivity index (χ1) is 8.66. The Morgan fingerprint density at radius 3 is 2.89 bits per heavy atom. The van der Waals surface area contributed by atoms with Crippen molar-refractivity contribution in [3.63, 3.8) is 0 Å². The molecule has 2 N–H and O–H groups in total. The van der Waals surface area contributed by atoms with Crippen LogP contribution in [0, 0.1) is 5.82 Å². The van der Waals surface area contributed by atoms with Crippen LogP contribution in [0.15, 0.2) is 41.0 Å². The first kappa shape index (κ1) is 12.2. The molecule has 1 aromatic carbocycles. The van der Waals surface area contributed by atoms with Gasteiger partial charge in [0.15, 0.2) is 0 Å². The second-order valence-electron chi connectivity index (χ2n) is 3.75. The van der Waals surface area contributed by atoms with Crippen LogP contribution in [0.5, 0.6) is 0 Å². The zero-order valence-electron chi connectivity index (χ0n) is 9.52. The average molecular weight is 249 g/mol. The van der Waals surface area contributed by atoms with Crippen molar-refractivity contribution in [1.82, 2.24) is 0 Å². The molecular weight excluding hydrogens is 237 g/mol. The van der Waals surface area contributed by atoms with Gasteiger partial charge in [0.05, 0.1) is 11.8 Å². The number of nitrogens with one attached hydrogen (secondary N) is 1. The molecule has 0 aliphatic carbocycles. The van der Waals surface area contributed by atoms with Gasteiger partial charge in [0.25, 0.3) is 0 Å². The topological polar surface area (TPSA) is 62.5 Å². The molecule has 18 heavy (non-hydrogen) atoms. The van der Waals surface area contributed by atoms with E-state index in [1.54, 1.807) is 12.3 Å². The Labute approximate surface area is 103 Å². The normalized spacial score (nSPS) is 10.3. The number of carboxylic acids is 1. The van der Waals surface area contributed by atoms with Crippen LogP contribution >= 0.6 is 0 Å². The first-order valence-corrected chi connectivity index (χ1v) is 5.46. The predicted molar refractivity (Wildman–Crippen MR) is 64.3 cm³/mol. The summed E-state index contributed by atoms with van der Waals surface area (Å²) in [5.41, 5.74) is 0.324. The largest absolute Gasteiger partial charge is 0.478 e. The van der Waals surface area contributed by atoms with E-state index in [4.69, 9.17) is 9.52 Å². The van der Waals surface area contributed by atoms with Gasteiger partial charge in [-0.1, -0.05) is 0 Å². The summed E-state index contributed by atoms with van der Waals surface area (Å²) in [5, 5.41) is 11.9. The average Bonchev–Trinajstić information content (AvgIpc) is 2.84. The van der Waals surface area contributed by atoms with Gasteiger partial charge in [-0.3, -0.25) is 0 Å². The van der Waals surface area contributed by atoms with Crippen molar-refractivity contribution in [2.75, 3.05) is 11.9 Å². The van der Waals surface area contributed by atoms with E-state index in [0.717, 1.165) is 11.8 Å². The number of carbonyl (C=O) groups is 1. The number of benzene rings is 1. The number of hydrogen-bond acceptors (Lipinski definition) is 3. The molecule has 0 atom stereocenters. The van der Waals surface area contributed by atoms with Crippen molar-refractivity contribution in [2.24, 2.45) is 0 Å². The Balaban J connectivity index is 2.02. The summed E-state index contributed by atoms with van der Waals surface area (Å²) in [6.07, 6.45) is 2.21. The number of furan rings is 1. The fraction of sp³-hybridized carbons (Fsp3) is 0.154. The van der Waals surface area contributed by atoms with Gasteiger partial charge in [0.2, 0.25) is 0 Å². The Morgan fingerprint density at radius 1 is 1.39 bits per heavy atom. The lowest BCUT2D eigenvalue weighted by Crippen LogP contribution is -2.09. The Morgan fingerprint density at radius 2 is 2.22 bits per heavy atom. The zero-order valence-corrected chi connectivity index (χ0v) is 9.52. The van der Waals surface area contributed by atoms with E-state index >= 15 is 0 Å². The summed E-state index contributed by atoms with van der Waals surface area (Å²) in [5.74, 6) is -0.916. The molecule has 1 heterocycles. The molecule has 0 aliphatic heterocycles. The van der Waals surface area contributed by atoms with Gasteiger partial charge in [-0.2, -0.15) is 0 Å². The van der Waals surface area contributed by atoms with Gasteiger partial charge in [0, 0.05) is 18.7 Å². The Hall–Kier alpha value is -2.30. The minimum Gasteiger partial charge on any atom is -0.478 e. The van der Waals surface area contributed by atoms with Crippen molar-refractivity contribution in [3.05, 3.63) is 53.7 Å². The molecular formula is C13H12FNO3. The van der Waals surface area contributed by atoms with Crippen LogP contribution < -0.4 is 5.32 Å². The third kappa shape index (κ3) is 2.88. The Kier molecular flexibility index (Phi) is 3.62. The highest BCUT2D eigenvalue weighted by atomic mass is 19.1. The smallest absolute Gasteiger partial charge is 0.337 e. The first-order valence-electron chi connectivity index (χ1n) is 5.46. The van der Waals surface area contributed by atoms with E-state index in [9.17, 15) is 9.18 Å². The molecule has 5 heteroatoms. The molecule has 0 saturated carbocycles. The highest BCUT2D eigenvalue weighted by Crippen LogP contribution is 2.17. The van der Waals surface area contributed by atoms with Crippen LogP contribution in [0.4, 0.5) is 10.1 Å². The molecule has 0 spiro atoms. The minimum absolute atomic E-state index is 0.0746. The zero-order chi connectivity index (χ0) is 13.0. The number of carboxylic acid groups (broad SMARTS) is 1. The van der Waals surface area contributed by atoms with Crippen molar-refractivity contribution in [1.29, 1.82) is 0 Å². The maximum Gasteiger partial charge on any atom is 0.337 e. The number of aromatic carboxylic acids is 1. The van der Waals surface area contributed by atoms with E-state index in [1.165, 1.54) is 12.1 Å². The van der Waals surface area contributed by atoms with Gasteiger partial charge in [0.1, 0.15) is 11.6 Å². The molecule has 2 rings (SSSR count). The van der Waals surface area contributed by atoms with Crippen LogP contribution in [0.25, 0.3) is 0 Å². The van der Waals surface area contributed by atoms with Gasteiger partial charge in [-0.05, 0) is 30.3 Å². The number of halogens is 1. The van der Waals surface area contributed by atoms with Crippen molar-refractivity contribution in [2.45, 2.75) is 6.42 Å². The minimum atomic E-state index is -1.16. The van der Waals surface area contributed by atoms with Gasteiger partial charge < -0.3 is 14.8 Å². The van der Waals surface area contributed by atoms with Gasteiger partial charge >= 0.3 is 5.97 Å². The summed E-state index contributed by atoms with van der Waals surface area (Å²) >= 11 is 0. The van der Waals surface area contributed by atoms with Gasteiger partial charge in [-0.25, -0.2) is 9.18 Å². The maximum absolute atomic E-state index is 12.9. The molecule has 0 bridgehead atoms. The Bertz CT molecular complexity index is 537. The van der Waals surface area contributed by atoms with Crippen molar-refractivity contribution in [3.8, 4) is 0 Å². The lowest BCUT2D eigenvalue weighted by atomic mass is 10.1. The monoisotopic (exact) mass is 249 g/mol. The summed E-state index contributed by atoms with van der Waals surface area (Å²) in [7, 11) is 0.